The summed E-state index contributed by atoms with van der Waals surface area (Å²) in [4.78, 5) is 31.5. The highest BCUT2D eigenvalue weighted by Crippen LogP contribution is 2.33. The van der Waals surface area contributed by atoms with E-state index in [4.69, 9.17) is 12.2 Å². The minimum absolute atomic E-state index is 0.151. The fraction of sp³-hybridized carbons (Fsp3) is 0.174. The molecular weight excluding hydrogens is 400 g/mol. The van der Waals surface area contributed by atoms with Crippen molar-refractivity contribution >= 4 is 39.7 Å². The Hall–Kier alpha value is -2.83. The van der Waals surface area contributed by atoms with Gasteiger partial charge in [0.15, 0.2) is 4.77 Å². The van der Waals surface area contributed by atoms with E-state index in [1.165, 1.54) is 4.88 Å². The maximum absolute atomic E-state index is 13.2. The van der Waals surface area contributed by atoms with E-state index in [9.17, 15) is 9.59 Å². The molecule has 2 aromatic heterocycles. The van der Waals surface area contributed by atoms with E-state index < -0.39 is 5.91 Å². The number of carbonyl (C=O) groups is 1. The van der Waals surface area contributed by atoms with Crippen LogP contribution in [0.5, 0.6) is 0 Å². The minimum atomic E-state index is -0.395. The fourth-order valence-electron chi connectivity index (χ4n) is 3.99. The van der Waals surface area contributed by atoms with Crippen LogP contribution in [0.25, 0.3) is 21.3 Å². The summed E-state index contributed by atoms with van der Waals surface area (Å²) < 4.78 is 1.26. The third kappa shape index (κ3) is 3.09. The van der Waals surface area contributed by atoms with Gasteiger partial charge < -0.3 is 4.98 Å². The van der Waals surface area contributed by atoms with Crippen LogP contribution >= 0.6 is 23.6 Å². The number of hydrogen-bond acceptors (Lipinski definition) is 4. The highest BCUT2D eigenvalue weighted by Gasteiger charge is 2.22. The number of nitrogens with zero attached hydrogens (tertiary/aromatic N) is 1. The van der Waals surface area contributed by atoms with Gasteiger partial charge in [-0.3, -0.25) is 9.59 Å². The summed E-state index contributed by atoms with van der Waals surface area (Å²) in [6.07, 6.45) is 4.09. The lowest BCUT2D eigenvalue weighted by atomic mass is 9.97. The van der Waals surface area contributed by atoms with Gasteiger partial charge in [0.1, 0.15) is 4.83 Å². The molecule has 0 amide bonds. The summed E-state index contributed by atoms with van der Waals surface area (Å²) >= 11 is 6.98. The molecule has 29 heavy (non-hydrogen) atoms. The van der Waals surface area contributed by atoms with E-state index in [0.29, 0.717) is 10.9 Å². The second-order valence-corrected chi connectivity index (χ2v) is 8.73. The normalized spacial score (nSPS) is 13.4. The average Bonchev–Trinajstić information content (AvgIpc) is 3.12. The van der Waals surface area contributed by atoms with Crippen molar-refractivity contribution in [2.75, 3.05) is 0 Å². The molecule has 1 aliphatic carbocycles. The summed E-state index contributed by atoms with van der Waals surface area (Å²) in [5, 5.41) is 0.632. The fourth-order valence-corrected chi connectivity index (χ4v) is 5.60. The highest BCUT2D eigenvalue weighted by atomic mass is 32.1. The predicted octanol–water partition coefficient (Wildman–Crippen LogP) is 5.35. The first-order chi connectivity index (χ1) is 14.1. The molecule has 5 rings (SSSR count). The van der Waals surface area contributed by atoms with Crippen LogP contribution in [0.4, 0.5) is 0 Å². The zero-order chi connectivity index (χ0) is 20.0. The van der Waals surface area contributed by atoms with Crippen LogP contribution in [-0.2, 0) is 12.8 Å². The molecule has 0 unspecified atom stereocenters. The molecule has 0 saturated heterocycles. The zero-order valence-electron chi connectivity index (χ0n) is 15.6. The van der Waals surface area contributed by atoms with Crippen molar-refractivity contribution in [1.82, 2.24) is 9.55 Å². The van der Waals surface area contributed by atoms with Gasteiger partial charge in [-0.25, -0.2) is 4.57 Å². The van der Waals surface area contributed by atoms with Gasteiger partial charge in [0, 0.05) is 10.4 Å². The quantitative estimate of drug-likeness (QED) is 0.446. The van der Waals surface area contributed by atoms with Crippen molar-refractivity contribution in [2.24, 2.45) is 0 Å². The standard InChI is InChI=1S/C23H18N2O2S2/c26-21(16-12-10-15(11-13-16)14-6-2-1-3-7-14)25-22(27)19-17-8-4-5-9-18(17)29-20(19)24-23(25)28/h1-3,6-7,10-13H,4-5,8-9H2,(H,24,28). The Morgan fingerprint density at radius 2 is 1.66 bits per heavy atom. The summed E-state index contributed by atoms with van der Waals surface area (Å²) in [5.74, 6) is -0.395. The number of thiophene rings is 1. The van der Waals surface area contributed by atoms with Crippen LogP contribution < -0.4 is 5.56 Å². The molecule has 0 saturated carbocycles. The molecule has 4 aromatic rings. The molecule has 2 heterocycles. The Labute approximate surface area is 176 Å². The Bertz CT molecular complexity index is 1350. The first-order valence-corrected chi connectivity index (χ1v) is 10.9. The van der Waals surface area contributed by atoms with Crippen LogP contribution in [0, 0.1) is 4.77 Å². The molecule has 4 nitrogen and oxygen atoms in total. The topological polar surface area (TPSA) is 54.9 Å². The predicted molar refractivity (Wildman–Crippen MR) is 120 cm³/mol. The van der Waals surface area contributed by atoms with Crippen LogP contribution in [0.1, 0.15) is 33.6 Å². The van der Waals surface area contributed by atoms with Gasteiger partial charge in [-0.15, -0.1) is 11.3 Å². The molecule has 0 aliphatic heterocycles. The summed E-state index contributed by atoms with van der Waals surface area (Å²) in [7, 11) is 0. The molecule has 0 spiro atoms. The number of nitrogens with one attached hydrogen (secondary N) is 1. The highest BCUT2D eigenvalue weighted by molar-refractivity contribution is 7.71. The van der Waals surface area contributed by atoms with Crippen molar-refractivity contribution in [3.8, 4) is 11.1 Å². The first kappa shape index (κ1) is 18.2. The van der Waals surface area contributed by atoms with E-state index in [2.05, 4.69) is 4.98 Å². The molecule has 0 bridgehead atoms. The Kier molecular flexibility index (Phi) is 4.53. The lowest BCUT2D eigenvalue weighted by Crippen LogP contribution is -2.29. The van der Waals surface area contributed by atoms with Crippen molar-refractivity contribution < 1.29 is 4.79 Å². The molecule has 1 N–H and O–H groups in total. The van der Waals surface area contributed by atoms with E-state index in [-0.39, 0.29) is 10.3 Å². The maximum Gasteiger partial charge on any atom is 0.270 e. The number of carbonyl (C=O) groups excluding carboxylic acids is 1. The zero-order valence-corrected chi connectivity index (χ0v) is 17.2. The van der Waals surface area contributed by atoms with Gasteiger partial charge >= 0.3 is 0 Å². The molecule has 144 valence electrons. The second-order valence-electron chi connectivity index (χ2n) is 7.23. The Morgan fingerprint density at radius 3 is 2.41 bits per heavy atom. The van der Waals surface area contributed by atoms with E-state index in [1.807, 2.05) is 42.5 Å². The third-order valence-electron chi connectivity index (χ3n) is 5.45. The SMILES string of the molecule is O=C(c1ccc(-c2ccccc2)cc1)n1c(=S)[nH]c2sc3c(c2c1=O)CCCC3. The second kappa shape index (κ2) is 7.21. The minimum Gasteiger partial charge on any atom is -0.323 e. The van der Waals surface area contributed by atoms with E-state index in [1.54, 1.807) is 23.5 Å². The van der Waals surface area contributed by atoms with Gasteiger partial charge in [0.25, 0.3) is 11.5 Å². The lowest BCUT2D eigenvalue weighted by molar-refractivity contribution is 0.0953. The van der Waals surface area contributed by atoms with Gasteiger partial charge in [-0.05, 0) is 66.7 Å². The Balaban J connectivity index is 1.59. The van der Waals surface area contributed by atoms with Crippen molar-refractivity contribution in [1.29, 1.82) is 0 Å². The number of fused-ring (bicyclic) bond motifs is 3. The van der Waals surface area contributed by atoms with E-state index >= 15 is 0 Å². The van der Waals surface area contributed by atoms with Crippen molar-refractivity contribution in [2.45, 2.75) is 25.7 Å². The van der Waals surface area contributed by atoms with Gasteiger partial charge in [0.2, 0.25) is 0 Å². The average molecular weight is 419 g/mol. The molecule has 0 fully saturated rings. The van der Waals surface area contributed by atoms with Crippen LogP contribution in [0.15, 0.2) is 59.4 Å². The monoisotopic (exact) mass is 418 g/mol. The Morgan fingerprint density at radius 1 is 0.966 bits per heavy atom. The largest absolute Gasteiger partial charge is 0.323 e. The van der Waals surface area contributed by atoms with E-state index in [0.717, 1.165) is 51.8 Å². The third-order valence-corrected chi connectivity index (χ3v) is 6.95. The first-order valence-electron chi connectivity index (χ1n) is 9.63. The molecule has 1 aliphatic rings. The maximum atomic E-state index is 13.2. The van der Waals surface area contributed by atoms with Crippen LogP contribution in [0.3, 0.4) is 0 Å². The molecule has 6 heteroatoms. The molecule has 0 atom stereocenters. The lowest BCUT2D eigenvalue weighted by Gasteiger charge is -2.10. The van der Waals surface area contributed by atoms with Gasteiger partial charge in [0.05, 0.1) is 5.39 Å². The smallest absolute Gasteiger partial charge is 0.270 e. The number of aromatic nitrogens is 2. The summed E-state index contributed by atoms with van der Waals surface area (Å²) in [5.41, 5.74) is 3.32. The molecular formula is C23H18N2O2S2. The van der Waals surface area contributed by atoms with Gasteiger partial charge in [-0.2, -0.15) is 0 Å². The van der Waals surface area contributed by atoms with Crippen molar-refractivity contribution in [3.63, 3.8) is 0 Å². The molecule has 0 radical (unpaired) electrons. The van der Waals surface area contributed by atoms with Gasteiger partial charge in [-0.1, -0.05) is 42.5 Å². The number of benzene rings is 2. The number of hydrogen-bond donors (Lipinski definition) is 1. The van der Waals surface area contributed by atoms with Crippen molar-refractivity contribution in [3.05, 3.63) is 85.7 Å². The number of rotatable bonds is 2. The van der Waals surface area contributed by atoms with Crippen LogP contribution in [-0.4, -0.2) is 15.5 Å². The van der Waals surface area contributed by atoms with Crippen LogP contribution in [0.2, 0.25) is 0 Å². The number of aryl methyl sites for hydroxylation is 2. The molecule has 2 aromatic carbocycles. The number of aromatic amines is 1. The summed E-state index contributed by atoms with van der Waals surface area (Å²) in [6.45, 7) is 0. The summed E-state index contributed by atoms with van der Waals surface area (Å²) in [6, 6.07) is 17.2. The number of H-pyrrole nitrogens is 1.